The largest absolute Gasteiger partial charge is 0.316 e. The number of hydrogen-bond acceptors (Lipinski definition) is 4. The number of sulfonamides is 1. The number of nitrogens with zero attached hydrogens (tertiary/aromatic N) is 1. The smallest absolute Gasteiger partial charge is 0.215 e. The van der Waals surface area contributed by atoms with E-state index in [1.54, 1.807) is 4.31 Å². The second kappa shape index (κ2) is 6.23. The Hall–Kier alpha value is 0.220. The minimum atomic E-state index is -3.06. The van der Waals surface area contributed by atoms with Crippen LogP contribution >= 0.6 is 11.8 Å². The maximum Gasteiger partial charge on any atom is 0.215 e. The quantitative estimate of drug-likeness (QED) is 0.746. The zero-order valence-electron chi connectivity index (χ0n) is 10.3. The molecule has 0 spiro atoms. The first-order valence-electron chi connectivity index (χ1n) is 5.79. The van der Waals surface area contributed by atoms with Crippen LogP contribution < -0.4 is 5.32 Å². The van der Waals surface area contributed by atoms with Crippen LogP contribution in [-0.4, -0.2) is 55.2 Å². The molecule has 1 aliphatic rings. The molecule has 1 fully saturated rings. The maximum atomic E-state index is 12.0. The lowest BCUT2D eigenvalue weighted by atomic mass is 10.4. The monoisotopic (exact) mass is 266 g/mol. The highest BCUT2D eigenvalue weighted by Gasteiger charge is 2.30. The van der Waals surface area contributed by atoms with E-state index in [2.05, 4.69) is 19.2 Å². The predicted octanol–water partition coefficient (Wildman–Crippen LogP) is 0.752. The fraction of sp³-hybridized carbons (Fsp3) is 1.00. The van der Waals surface area contributed by atoms with Crippen LogP contribution in [0.2, 0.25) is 0 Å². The summed E-state index contributed by atoms with van der Waals surface area (Å²) in [6.45, 7) is 8.84. The summed E-state index contributed by atoms with van der Waals surface area (Å²) in [6.07, 6.45) is 0. The van der Waals surface area contributed by atoms with Crippen LogP contribution in [-0.2, 0) is 10.0 Å². The lowest BCUT2D eigenvalue weighted by molar-refractivity contribution is 0.404. The van der Waals surface area contributed by atoms with Gasteiger partial charge in [0.05, 0.1) is 5.75 Å². The SMILES string of the molecule is CCNCCS(=O)(=O)N1CC(C)SC(C)C1. The molecule has 0 radical (unpaired) electrons. The number of hydrogen-bond donors (Lipinski definition) is 1. The third kappa shape index (κ3) is 4.24. The average Bonchev–Trinajstić information content (AvgIpc) is 2.16. The molecule has 6 heteroatoms. The minimum Gasteiger partial charge on any atom is -0.316 e. The molecule has 1 N–H and O–H groups in total. The van der Waals surface area contributed by atoms with Crippen LogP contribution in [0, 0.1) is 0 Å². The summed E-state index contributed by atoms with van der Waals surface area (Å²) in [4.78, 5) is 0. The zero-order valence-corrected chi connectivity index (χ0v) is 11.9. The molecule has 1 heterocycles. The molecule has 0 bridgehead atoms. The highest BCUT2D eigenvalue weighted by atomic mass is 32.2. The van der Waals surface area contributed by atoms with Gasteiger partial charge in [0.2, 0.25) is 10.0 Å². The van der Waals surface area contributed by atoms with Crippen molar-refractivity contribution in [3.63, 3.8) is 0 Å². The van der Waals surface area contributed by atoms with Gasteiger partial charge in [-0.3, -0.25) is 0 Å². The van der Waals surface area contributed by atoms with Crippen LogP contribution in [0.4, 0.5) is 0 Å². The molecule has 2 unspecified atom stereocenters. The van der Waals surface area contributed by atoms with Crippen molar-refractivity contribution in [2.45, 2.75) is 31.3 Å². The van der Waals surface area contributed by atoms with E-state index in [1.807, 2.05) is 18.7 Å². The molecule has 0 aromatic carbocycles. The van der Waals surface area contributed by atoms with Crippen molar-refractivity contribution in [2.24, 2.45) is 0 Å². The molecule has 2 atom stereocenters. The number of nitrogens with one attached hydrogen (secondary N) is 1. The Labute approximate surface area is 103 Å². The molecule has 4 nitrogen and oxygen atoms in total. The van der Waals surface area contributed by atoms with Gasteiger partial charge in [-0.2, -0.15) is 16.1 Å². The predicted molar refractivity (Wildman–Crippen MR) is 70.4 cm³/mol. The van der Waals surface area contributed by atoms with Crippen molar-refractivity contribution in [3.05, 3.63) is 0 Å². The normalized spacial score (nSPS) is 28.2. The summed E-state index contributed by atoms with van der Waals surface area (Å²) in [5, 5.41) is 3.86. The summed E-state index contributed by atoms with van der Waals surface area (Å²) in [5.74, 6) is 0.213. The molecule has 1 aliphatic heterocycles. The van der Waals surface area contributed by atoms with Gasteiger partial charge in [-0.25, -0.2) is 8.42 Å². The summed E-state index contributed by atoms with van der Waals surface area (Å²) >= 11 is 1.87. The summed E-state index contributed by atoms with van der Waals surface area (Å²) in [5.41, 5.74) is 0. The fourth-order valence-corrected chi connectivity index (χ4v) is 4.94. The Morgan fingerprint density at radius 2 is 1.88 bits per heavy atom. The summed E-state index contributed by atoms with van der Waals surface area (Å²) < 4.78 is 25.7. The third-order valence-electron chi connectivity index (χ3n) is 2.57. The van der Waals surface area contributed by atoms with E-state index in [-0.39, 0.29) is 5.75 Å². The molecule has 0 amide bonds. The topological polar surface area (TPSA) is 49.4 Å². The first kappa shape index (κ1) is 14.3. The van der Waals surface area contributed by atoms with Gasteiger partial charge in [0.1, 0.15) is 0 Å². The van der Waals surface area contributed by atoms with E-state index in [9.17, 15) is 8.42 Å². The Bertz CT molecular complexity index is 296. The fourth-order valence-electron chi connectivity index (χ4n) is 1.86. The van der Waals surface area contributed by atoms with Crippen LogP contribution in [0.25, 0.3) is 0 Å². The first-order chi connectivity index (χ1) is 7.45. The van der Waals surface area contributed by atoms with Gasteiger partial charge >= 0.3 is 0 Å². The van der Waals surface area contributed by atoms with E-state index >= 15 is 0 Å². The molecular formula is C10H22N2O2S2. The molecule has 96 valence electrons. The Balaban J connectivity index is 2.53. The van der Waals surface area contributed by atoms with Crippen molar-refractivity contribution in [1.82, 2.24) is 9.62 Å². The summed E-state index contributed by atoms with van der Waals surface area (Å²) in [6, 6.07) is 0. The van der Waals surface area contributed by atoms with Crippen molar-refractivity contribution >= 4 is 21.8 Å². The maximum absolute atomic E-state index is 12.0. The van der Waals surface area contributed by atoms with Gasteiger partial charge in [0.15, 0.2) is 0 Å². The Kier molecular flexibility index (Phi) is 5.56. The van der Waals surface area contributed by atoms with Gasteiger partial charge in [0.25, 0.3) is 0 Å². The van der Waals surface area contributed by atoms with Gasteiger partial charge < -0.3 is 5.32 Å². The average molecular weight is 266 g/mol. The van der Waals surface area contributed by atoms with E-state index in [4.69, 9.17) is 0 Å². The standard InChI is InChI=1S/C10H22N2O2S2/c1-4-11-5-6-16(13,14)12-7-9(2)15-10(3)8-12/h9-11H,4-8H2,1-3H3. The van der Waals surface area contributed by atoms with E-state index in [0.717, 1.165) is 6.54 Å². The van der Waals surface area contributed by atoms with Gasteiger partial charge in [0, 0.05) is 30.1 Å². The van der Waals surface area contributed by atoms with Crippen LogP contribution in [0.1, 0.15) is 20.8 Å². The van der Waals surface area contributed by atoms with Gasteiger partial charge in [-0.05, 0) is 6.54 Å². The molecule has 0 saturated carbocycles. The van der Waals surface area contributed by atoms with E-state index in [0.29, 0.717) is 30.1 Å². The molecule has 16 heavy (non-hydrogen) atoms. The minimum absolute atomic E-state index is 0.213. The third-order valence-corrected chi connectivity index (χ3v) is 5.60. The van der Waals surface area contributed by atoms with Crippen LogP contribution in [0.5, 0.6) is 0 Å². The van der Waals surface area contributed by atoms with Crippen molar-refractivity contribution in [3.8, 4) is 0 Å². The lowest BCUT2D eigenvalue weighted by Crippen LogP contribution is -2.46. The first-order valence-corrected chi connectivity index (χ1v) is 8.35. The van der Waals surface area contributed by atoms with Gasteiger partial charge in [-0.15, -0.1) is 0 Å². The second-order valence-corrected chi connectivity index (χ2v) is 8.21. The molecule has 0 aromatic heterocycles. The van der Waals surface area contributed by atoms with Crippen LogP contribution in [0.15, 0.2) is 0 Å². The zero-order chi connectivity index (χ0) is 12.2. The van der Waals surface area contributed by atoms with Crippen molar-refractivity contribution in [2.75, 3.05) is 31.9 Å². The Morgan fingerprint density at radius 1 is 1.31 bits per heavy atom. The molecule has 0 aliphatic carbocycles. The highest BCUT2D eigenvalue weighted by molar-refractivity contribution is 8.00. The highest BCUT2D eigenvalue weighted by Crippen LogP contribution is 2.26. The molecule has 0 aromatic rings. The summed E-state index contributed by atoms with van der Waals surface area (Å²) in [7, 11) is -3.06. The van der Waals surface area contributed by atoms with Crippen molar-refractivity contribution in [1.29, 1.82) is 0 Å². The molecular weight excluding hydrogens is 244 g/mol. The molecule has 1 rings (SSSR count). The van der Waals surface area contributed by atoms with Crippen molar-refractivity contribution < 1.29 is 8.42 Å². The Morgan fingerprint density at radius 3 is 2.38 bits per heavy atom. The number of rotatable bonds is 5. The van der Waals surface area contributed by atoms with E-state index in [1.165, 1.54) is 0 Å². The molecule has 1 saturated heterocycles. The van der Waals surface area contributed by atoms with Gasteiger partial charge in [-0.1, -0.05) is 20.8 Å². The number of thioether (sulfide) groups is 1. The van der Waals surface area contributed by atoms with E-state index < -0.39 is 10.0 Å². The lowest BCUT2D eigenvalue weighted by Gasteiger charge is -2.33. The second-order valence-electron chi connectivity index (χ2n) is 4.24. The van der Waals surface area contributed by atoms with Crippen LogP contribution in [0.3, 0.4) is 0 Å².